The van der Waals surface area contributed by atoms with Gasteiger partial charge in [-0.05, 0) is 43.2 Å². The van der Waals surface area contributed by atoms with Gasteiger partial charge in [0.15, 0.2) is 0 Å². The molecule has 2 aliphatic rings. The van der Waals surface area contributed by atoms with E-state index in [0.717, 1.165) is 17.9 Å². The number of carbonyl (C=O) groups is 1. The molecule has 1 N–H and O–H groups in total. The van der Waals surface area contributed by atoms with Crippen LogP contribution in [0.2, 0.25) is 0 Å². The van der Waals surface area contributed by atoms with Crippen LogP contribution in [0, 0.1) is 18.8 Å². The number of nitrogens with one attached hydrogen (secondary N) is 1. The number of tetrazole rings is 1. The molecule has 1 amide bonds. The normalized spacial score (nSPS) is 25.7. The summed E-state index contributed by atoms with van der Waals surface area (Å²) in [4.78, 5) is 13.6. The molecule has 4 rings (SSSR count). The number of benzene rings is 1. The van der Waals surface area contributed by atoms with Gasteiger partial charge in [-0.1, -0.05) is 36.2 Å². The first kappa shape index (κ1) is 14.4. The van der Waals surface area contributed by atoms with Gasteiger partial charge >= 0.3 is 0 Å². The van der Waals surface area contributed by atoms with Crippen molar-refractivity contribution in [3.63, 3.8) is 0 Å². The SMILES string of the molecule is Cc1ccc(-c2nnn(CC(=O)N[C@H]3C[C@H]4CC[C@@H]3C4)n2)cc1. The molecule has 2 aromatic rings. The van der Waals surface area contributed by atoms with Gasteiger partial charge in [0, 0.05) is 11.6 Å². The second-order valence-corrected chi connectivity index (χ2v) is 6.86. The number of hydrogen-bond acceptors (Lipinski definition) is 4. The molecule has 120 valence electrons. The molecule has 0 spiro atoms. The van der Waals surface area contributed by atoms with Crippen LogP contribution in [-0.4, -0.2) is 32.2 Å². The first-order valence-electron chi connectivity index (χ1n) is 8.31. The molecule has 2 aliphatic carbocycles. The summed E-state index contributed by atoms with van der Waals surface area (Å²) in [5.74, 6) is 2.03. The number of aryl methyl sites for hydroxylation is 1. The van der Waals surface area contributed by atoms with Crippen LogP contribution in [0.25, 0.3) is 11.4 Å². The Labute approximate surface area is 135 Å². The van der Waals surface area contributed by atoms with Gasteiger partial charge in [-0.2, -0.15) is 4.80 Å². The van der Waals surface area contributed by atoms with Crippen molar-refractivity contribution in [3.05, 3.63) is 29.8 Å². The number of carbonyl (C=O) groups excluding carboxylic acids is 1. The molecule has 1 heterocycles. The van der Waals surface area contributed by atoms with Gasteiger partial charge in [0.2, 0.25) is 11.7 Å². The lowest BCUT2D eigenvalue weighted by Gasteiger charge is -2.22. The maximum atomic E-state index is 12.2. The van der Waals surface area contributed by atoms with E-state index in [-0.39, 0.29) is 12.5 Å². The molecule has 0 saturated heterocycles. The molecule has 0 unspecified atom stereocenters. The summed E-state index contributed by atoms with van der Waals surface area (Å²) in [6.07, 6.45) is 5.01. The summed E-state index contributed by atoms with van der Waals surface area (Å²) < 4.78 is 0. The Bertz CT molecular complexity index is 708. The summed E-state index contributed by atoms with van der Waals surface area (Å²) in [6.45, 7) is 2.17. The second kappa shape index (κ2) is 5.76. The predicted octanol–water partition coefficient (Wildman–Crippen LogP) is 1.95. The Kier molecular flexibility index (Phi) is 3.59. The van der Waals surface area contributed by atoms with Crippen LogP contribution < -0.4 is 5.32 Å². The molecular weight excluding hydrogens is 290 g/mol. The molecule has 23 heavy (non-hydrogen) atoms. The predicted molar refractivity (Wildman–Crippen MR) is 85.4 cm³/mol. The highest BCUT2D eigenvalue weighted by Gasteiger charge is 2.40. The lowest BCUT2D eigenvalue weighted by molar-refractivity contribution is -0.123. The van der Waals surface area contributed by atoms with E-state index in [9.17, 15) is 4.79 Å². The topological polar surface area (TPSA) is 72.7 Å². The van der Waals surface area contributed by atoms with Crippen molar-refractivity contribution in [2.45, 2.75) is 45.2 Å². The van der Waals surface area contributed by atoms with Crippen molar-refractivity contribution < 1.29 is 4.79 Å². The van der Waals surface area contributed by atoms with E-state index < -0.39 is 0 Å². The quantitative estimate of drug-likeness (QED) is 0.937. The molecule has 6 nitrogen and oxygen atoms in total. The number of amides is 1. The number of rotatable bonds is 4. The zero-order valence-corrected chi connectivity index (χ0v) is 13.3. The Morgan fingerprint density at radius 2 is 2.09 bits per heavy atom. The maximum absolute atomic E-state index is 12.2. The highest BCUT2D eigenvalue weighted by atomic mass is 16.2. The lowest BCUT2D eigenvalue weighted by Crippen LogP contribution is -2.40. The molecular formula is C17H21N5O. The van der Waals surface area contributed by atoms with Crippen molar-refractivity contribution in [2.75, 3.05) is 0 Å². The molecule has 2 fully saturated rings. The summed E-state index contributed by atoms with van der Waals surface area (Å²) in [5.41, 5.74) is 2.10. The van der Waals surface area contributed by atoms with E-state index in [0.29, 0.717) is 17.8 Å². The Morgan fingerprint density at radius 1 is 1.26 bits per heavy atom. The van der Waals surface area contributed by atoms with Gasteiger partial charge in [-0.3, -0.25) is 4.79 Å². The highest BCUT2D eigenvalue weighted by molar-refractivity contribution is 5.76. The van der Waals surface area contributed by atoms with Gasteiger partial charge in [0.05, 0.1) is 0 Å². The van der Waals surface area contributed by atoms with Crippen LogP contribution in [0.15, 0.2) is 24.3 Å². The Morgan fingerprint density at radius 3 is 2.78 bits per heavy atom. The standard InChI is InChI=1S/C17H21N5O/c1-11-2-5-13(6-3-11)17-19-21-22(20-17)10-16(23)18-15-9-12-4-7-14(15)8-12/h2-3,5-6,12,14-15H,4,7-10H2,1H3,(H,18,23)/t12-,14+,15-/m0/s1. The molecule has 0 aliphatic heterocycles. The van der Waals surface area contributed by atoms with E-state index in [1.165, 1.54) is 29.6 Å². The van der Waals surface area contributed by atoms with Crippen molar-refractivity contribution in [3.8, 4) is 11.4 Å². The smallest absolute Gasteiger partial charge is 0.243 e. The monoisotopic (exact) mass is 311 g/mol. The van der Waals surface area contributed by atoms with Gasteiger partial charge < -0.3 is 5.32 Å². The highest BCUT2D eigenvalue weighted by Crippen LogP contribution is 2.44. The number of fused-ring (bicyclic) bond motifs is 2. The van der Waals surface area contributed by atoms with Crippen molar-refractivity contribution in [1.29, 1.82) is 0 Å². The third-order valence-electron chi connectivity index (χ3n) is 5.13. The van der Waals surface area contributed by atoms with Crippen LogP contribution in [0.4, 0.5) is 0 Å². The summed E-state index contributed by atoms with van der Waals surface area (Å²) in [6, 6.07) is 8.30. The number of hydrogen-bond donors (Lipinski definition) is 1. The van der Waals surface area contributed by atoms with Crippen LogP contribution in [0.3, 0.4) is 0 Å². The average molecular weight is 311 g/mol. The zero-order valence-electron chi connectivity index (χ0n) is 13.3. The van der Waals surface area contributed by atoms with E-state index in [1.807, 2.05) is 31.2 Å². The minimum atomic E-state index is -0.0181. The molecule has 0 radical (unpaired) electrons. The summed E-state index contributed by atoms with van der Waals surface area (Å²) in [5, 5.41) is 15.5. The van der Waals surface area contributed by atoms with Crippen LogP contribution in [0.1, 0.15) is 31.2 Å². The van der Waals surface area contributed by atoms with E-state index in [1.54, 1.807) is 0 Å². The molecule has 6 heteroatoms. The lowest BCUT2D eigenvalue weighted by atomic mass is 9.95. The van der Waals surface area contributed by atoms with Crippen molar-refractivity contribution in [1.82, 2.24) is 25.5 Å². The second-order valence-electron chi connectivity index (χ2n) is 6.86. The van der Waals surface area contributed by atoms with E-state index in [2.05, 4.69) is 20.7 Å². The molecule has 1 aromatic heterocycles. The van der Waals surface area contributed by atoms with Crippen molar-refractivity contribution >= 4 is 5.91 Å². The van der Waals surface area contributed by atoms with E-state index in [4.69, 9.17) is 0 Å². The minimum Gasteiger partial charge on any atom is -0.351 e. The maximum Gasteiger partial charge on any atom is 0.243 e. The number of aromatic nitrogens is 4. The van der Waals surface area contributed by atoms with Gasteiger partial charge in [0.25, 0.3) is 0 Å². The first-order chi connectivity index (χ1) is 11.2. The fourth-order valence-corrected chi connectivity index (χ4v) is 3.93. The van der Waals surface area contributed by atoms with Gasteiger partial charge in [-0.15, -0.1) is 10.2 Å². The zero-order chi connectivity index (χ0) is 15.8. The van der Waals surface area contributed by atoms with Gasteiger partial charge in [-0.25, -0.2) is 0 Å². The third-order valence-corrected chi connectivity index (χ3v) is 5.13. The Hall–Kier alpha value is -2.24. The van der Waals surface area contributed by atoms with Crippen LogP contribution in [0.5, 0.6) is 0 Å². The third kappa shape index (κ3) is 2.98. The first-order valence-corrected chi connectivity index (χ1v) is 8.31. The fourth-order valence-electron chi connectivity index (χ4n) is 3.93. The molecule has 2 saturated carbocycles. The number of nitrogens with zero attached hydrogens (tertiary/aromatic N) is 4. The average Bonchev–Trinajstić information content (AvgIpc) is 3.24. The van der Waals surface area contributed by atoms with E-state index >= 15 is 0 Å². The minimum absolute atomic E-state index is 0.0181. The van der Waals surface area contributed by atoms with Gasteiger partial charge in [0.1, 0.15) is 6.54 Å². The molecule has 1 aromatic carbocycles. The van der Waals surface area contributed by atoms with Crippen LogP contribution in [-0.2, 0) is 11.3 Å². The summed E-state index contributed by atoms with van der Waals surface area (Å²) in [7, 11) is 0. The molecule has 3 atom stereocenters. The largest absolute Gasteiger partial charge is 0.351 e. The Balaban J connectivity index is 1.37. The molecule has 2 bridgehead atoms. The fraction of sp³-hybridized carbons (Fsp3) is 0.529. The summed E-state index contributed by atoms with van der Waals surface area (Å²) >= 11 is 0. The van der Waals surface area contributed by atoms with Crippen LogP contribution >= 0.6 is 0 Å². The van der Waals surface area contributed by atoms with Crippen molar-refractivity contribution in [2.24, 2.45) is 11.8 Å².